The minimum absolute atomic E-state index is 0.0601. The zero-order valence-electron chi connectivity index (χ0n) is 14.7. The first-order valence-electron chi connectivity index (χ1n) is 8.30. The molecule has 26 heavy (non-hydrogen) atoms. The van der Waals surface area contributed by atoms with Gasteiger partial charge in [0.25, 0.3) is 5.69 Å². The van der Waals surface area contributed by atoms with E-state index in [1.807, 2.05) is 14.0 Å². The highest BCUT2D eigenvalue weighted by Gasteiger charge is 2.31. The molecule has 0 bridgehead atoms. The van der Waals surface area contributed by atoms with Crippen LogP contribution in [0.5, 0.6) is 0 Å². The third kappa shape index (κ3) is 3.42. The summed E-state index contributed by atoms with van der Waals surface area (Å²) in [7, 11) is -1.96. The highest BCUT2D eigenvalue weighted by molar-refractivity contribution is 7.89. The van der Waals surface area contributed by atoms with E-state index in [2.05, 4.69) is 10.4 Å². The summed E-state index contributed by atoms with van der Waals surface area (Å²) in [5.74, 6) is 0. The van der Waals surface area contributed by atoms with Crippen LogP contribution < -0.4 is 5.32 Å². The Morgan fingerprint density at radius 1 is 1.31 bits per heavy atom. The Balaban J connectivity index is 1.96. The van der Waals surface area contributed by atoms with Crippen LogP contribution in [-0.2, 0) is 23.6 Å². The summed E-state index contributed by atoms with van der Waals surface area (Å²) in [4.78, 5) is 10.5. The molecule has 1 N–H and O–H groups in total. The minimum Gasteiger partial charge on any atom is -0.380 e. The molecule has 10 heteroatoms. The van der Waals surface area contributed by atoms with E-state index in [-0.39, 0.29) is 10.6 Å². The average Bonchev–Trinajstić information content (AvgIpc) is 3.25. The molecule has 3 rings (SSSR count). The first-order valence-corrected chi connectivity index (χ1v) is 9.74. The molecule has 1 fully saturated rings. The molecule has 1 aromatic carbocycles. The molecular weight excluding hydrogens is 358 g/mol. The predicted octanol–water partition coefficient (Wildman–Crippen LogP) is 2.03. The van der Waals surface area contributed by atoms with Crippen LogP contribution in [0.1, 0.15) is 24.1 Å². The number of nitrogens with one attached hydrogen (secondary N) is 1. The fourth-order valence-electron chi connectivity index (χ4n) is 2.96. The van der Waals surface area contributed by atoms with Crippen molar-refractivity contribution >= 4 is 21.4 Å². The molecule has 0 radical (unpaired) electrons. The molecule has 2 heterocycles. The van der Waals surface area contributed by atoms with Gasteiger partial charge in [0.15, 0.2) is 0 Å². The maximum Gasteiger partial charge on any atom is 0.270 e. The minimum atomic E-state index is -3.79. The zero-order valence-corrected chi connectivity index (χ0v) is 15.5. The van der Waals surface area contributed by atoms with Gasteiger partial charge in [-0.1, -0.05) is 0 Å². The van der Waals surface area contributed by atoms with Crippen molar-refractivity contribution in [3.05, 3.63) is 45.8 Å². The Morgan fingerprint density at radius 2 is 2.00 bits per heavy atom. The van der Waals surface area contributed by atoms with Gasteiger partial charge in [-0.25, -0.2) is 8.42 Å². The van der Waals surface area contributed by atoms with Crippen molar-refractivity contribution in [2.45, 2.75) is 31.2 Å². The molecule has 1 aliphatic rings. The fraction of sp³-hybridized carbons (Fsp3) is 0.438. The van der Waals surface area contributed by atoms with E-state index in [4.69, 9.17) is 0 Å². The number of hydrogen-bond acceptors (Lipinski definition) is 6. The van der Waals surface area contributed by atoms with E-state index in [0.29, 0.717) is 25.3 Å². The monoisotopic (exact) mass is 379 g/mol. The molecule has 0 atom stereocenters. The lowest BCUT2D eigenvalue weighted by molar-refractivity contribution is -0.385. The highest BCUT2D eigenvalue weighted by Crippen LogP contribution is 2.31. The van der Waals surface area contributed by atoms with Gasteiger partial charge in [-0.3, -0.25) is 14.8 Å². The zero-order chi connectivity index (χ0) is 18.9. The quantitative estimate of drug-likeness (QED) is 0.607. The Bertz CT molecular complexity index is 932. The number of nitrogens with zero attached hydrogens (tertiary/aromatic N) is 4. The topological polar surface area (TPSA) is 110 Å². The summed E-state index contributed by atoms with van der Waals surface area (Å²) in [6.45, 7) is 3.17. The van der Waals surface area contributed by atoms with Gasteiger partial charge in [-0.15, -0.1) is 0 Å². The van der Waals surface area contributed by atoms with Crippen molar-refractivity contribution in [3.63, 3.8) is 0 Å². The van der Waals surface area contributed by atoms with Gasteiger partial charge >= 0.3 is 0 Å². The van der Waals surface area contributed by atoms with Crippen LogP contribution in [0.3, 0.4) is 0 Å². The van der Waals surface area contributed by atoms with E-state index < -0.39 is 14.9 Å². The number of sulfonamides is 1. The van der Waals surface area contributed by atoms with E-state index in [9.17, 15) is 18.5 Å². The number of aryl methyl sites for hydroxylation is 1. The molecular formula is C16H21N5O4S. The molecule has 2 aromatic rings. The number of anilines is 1. The lowest BCUT2D eigenvalue weighted by atomic mass is 10.2. The summed E-state index contributed by atoms with van der Waals surface area (Å²) in [5.41, 5.74) is 2.00. The lowest BCUT2D eigenvalue weighted by Crippen LogP contribution is -2.28. The molecule has 0 saturated carbocycles. The molecule has 1 aromatic heterocycles. The third-order valence-electron chi connectivity index (χ3n) is 4.67. The van der Waals surface area contributed by atoms with Gasteiger partial charge in [0.05, 0.1) is 16.8 Å². The van der Waals surface area contributed by atoms with Gasteiger partial charge in [0.2, 0.25) is 10.0 Å². The summed E-state index contributed by atoms with van der Waals surface area (Å²) >= 11 is 0. The average molecular weight is 379 g/mol. The predicted molar refractivity (Wildman–Crippen MR) is 96.4 cm³/mol. The number of nitro groups is 1. The van der Waals surface area contributed by atoms with Gasteiger partial charge in [0.1, 0.15) is 4.90 Å². The van der Waals surface area contributed by atoms with Crippen molar-refractivity contribution in [1.82, 2.24) is 14.1 Å². The second-order valence-corrected chi connectivity index (χ2v) is 8.19. The van der Waals surface area contributed by atoms with Crippen LogP contribution in [0.25, 0.3) is 0 Å². The normalized spacial score (nSPS) is 15.3. The molecule has 1 aliphatic heterocycles. The molecule has 0 unspecified atom stereocenters. The highest BCUT2D eigenvalue weighted by atomic mass is 32.2. The van der Waals surface area contributed by atoms with Crippen molar-refractivity contribution in [2.24, 2.45) is 7.05 Å². The van der Waals surface area contributed by atoms with E-state index in [0.717, 1.165) is 30.2 Å². The van der Waals surface area contributed by atoms with Crippen LogP contribution in [0.2, 0.25) is 0 Å². The molecule has 140 valence electrons. The van der Waals surface area contributed by atoms with Gasteiger partial charge in [-0.2, -0.15) is 9.40 Å². The smallest absolute Gasteiger partial charge is 0.270 e. The summed E-state index contributed by atoms with van der Waals surface area (Å²) < 4.78 is 29.0. The standard InChI is InChI=1S/C16H21N5O4S/c1-12-13(11-18-19(12)2)10-17-15-6-5-14(21(22)23)9-16(15)26(24,25)20-7-3-4-8-20/h5-6,9,11,17H,3-4,7-8,10H2,1-2H3. The van der Waals surface area contributed by atoms with E-state index >= 15 is 0 Å². The third-order valence-corrected chi connectivity index (χ3v) is 6.60. The second kappa shape index (κ2) is 7.04. The maximum atomic E-state index is 13.0. The first-order chi connectivity index (χ1) is 12.3. The van der Waals surface area contributed by atoms with Crippen molar-refractivity contribution in [3.8, 4) is 0 Å². The maximum absolute atomic E-state index is 13.0. The number of aromatic nitrogens is 2. The number of hydrogen-bond donors (Lipinski definition) is 1. The van der Waals surface area contributed by atoms with Crippen LogP contribution in [0.15, 0.2) is 29.3 Å². The van der Waals surface area contributed by atoms with Gasteiger partial charge < -0.3 is 5.32 Å². The summed E-state index contributed by atoms with van der Waals surface area (Å²) in [6, 6.07) is 3.89. The fourth-order valence-corrected chi connectivity index (χ4v) is 4.66. The first kappa shape index (κ1) is 18.3. The Morgan fingerprint density at radius 3 is 2.58 bits per heavy atom. The van der Waals surface area contributed by atoms with E-state index in [1.54, 1.807) is 10.9 Å². The van der Waals surface area contributed by atoms with Crippen LogP contribution >= 0.6 is 0 Å². The molecule has 1 saturated heterocycles. The molecule has 9 nitrogen and oxygen atoms in total. The van der Waals surface area contributed by atoms with Gasteiger partial charge in [0, 0.05) is 50.1 Å². The molecule has 0 spiro atoms. The number of benzene rings is 1. The van der Waals surface area contributed by atoms with Crippen LogP contribution in [0, 0.1) is 17.0 Å². The summed E-state index contributed by atoms with van der Waals surface area (Å²) in [6.07, 6.45) is 3.31. The van der Waals surface area contributed by atoms with Crippen molar-refractivity contribution < 1.29 is 13.3 Å². The van der Waals surface area contributed by atoms with Crippen LogP contribution in [0.4, 0.5) is 11.4 Å². The Hall–Kier alpha value is -2.46. The number of non-ortho nitro benzene ring substituents is 1. The Kier molecular flexibility index (Phi) is 4.97. The van der Waals surface area contributed by atoms with E-state index in [1.165, 1.54) is 16.4 Å². The lowest BCUT2D eigenvalue weighted by Gasteiger charge is -2.18. The molecule has 0 aliphatic carbocycles. The van der Waals surface area contributed by atoms with Crippen LogP contribution in [-0.4, -0.2) is 40.5 Å². The number of rotatable bonds is 6. The van der Waals surface area contributed by atoms with Crippen molar-refractivity contribution in [2.75, 3.05) is 18.4 Å². The largest absolute Gasteiger partial charge is 0.380 e. The van der Waals surface area contributed by atoms with Crippen molar-refractivity contribution in [1.29, 1.82) is 0 Å². The number of nitro benzene ring substituents is 1. The Labute approximate surface area is 151 Å². The SMILES string of the molecule is Cc1c(CNc2ccc([N+](=O)[O-])cc2S(=O)(=O)N2CCCC2)cnn1C. The molecule has 0 amide bonds. The second-order valence-electron chi connectivity index (χ2n) is 6.28. The van der Waals surface area contributed by atoms with Gasteiger partial charge in [-0.05, 0) is 25.8 Å². The summed E-state index contributed by atoms with van der Waals surface area (Å²) in [5, 5.41) is 18.4.